The van der Waals surface area contributed by atoms with Crippen molar-refractivity contribution in [2.45, 2.75) is 25.8 Å². The molecule has 1 saturated carbocycles. The van der Waals surface area contributed by atoms with Crippen molar-refractivity contribution in [1.82, 2.24) is 24.7 Å². The monoisotopic (exact) mass is 466 g/mol. The van der Waals surface area contributed by atoms with Crippen LogP contribution >= 0.6 is 11.6 Å². The van der Waals surface area contributed by atoms with Gasteiger partial charge < -0.3 is 9.64 Å². The first kappa shape index (κ1) is 21.7. The Morgan fingerprint density at radius 2 is 1.94 bits per heavy atom. The molecule has 1 aliphatic carbocycles. The van der Waals surface area contributed by atoms with Crippen LogP contribution in [0.5, 0.6) is 0 Å². The van der Waals surface area contributed by atoms with E-state index in [0.29, 0.717) is 40.5 Å². The molecule has 2 fully saturated rings. The molecule has 0 spiro atoms. The quantitative estimate of drug-likeness (QED) is 0.430. The van der Waals surface area contributed by atoms with Gasteiger partial charge in [-0.1, -0.05) is 11.6 Å². The number of rotatable bonds is 3. The van der Waals surface area contributed by atoms with Gasteiger partial charge in [-0.25, -0.2) is 14.4 Å². The minimum absolute atomic E-state index is 0.344. The summed E-state index contributed by atoms with van der Waals surface area (Å²) in [6, 6.07) is 9.18. The van der Waals surface area contributed by atoms with Gasteiger partial charge in [0, 0.05) is 48.3 Å². The van der Waals surface area contributed by atoms with Crippen LogP contribution in [0.1, 0.15) is 24.6 Å². The minimum atomic E-state index is -0.428. The highest BCUT2D eigenvalue weighted by Gasteiger charge is 2.23. The van der Waals surface area contributed by atoms with E-state index in [4.69, 9.17) is 21.3 Å². The number of fused-ring (bicyclic) bond motifs is 1. The number of anilines is 1. The number of halogens is 2. The summed E-state index contributed by atoms with van der Waals surface area (Å²) < 4.78 is 21.9. The lowest BCUT2D eigenvalue weighted by atomic mass is 10.1. The predicted octanol–water partition coefficient (Wildman–Crippen LogP) is 4.85. The highest BCUT2D eigenvalue weighted by molar-refractivity contribution is 6.30. The summed E-state index contributed by atoms with van der Waals surface area (Å²) in [6.45, 7) is 4.64. The molecule has 1 aliphatic heterocycles. The van der Waals surface area contributed by atoms with Gasteiger partial charge in [-0.3, -0.25) is 9.67 Å². The van der Waals surface area contributed by atoms with Crippen molar-refractivity contribution < 1.29 is 9.13 Å². The van der Waals surface area contributed by atoms with Crippen LogP contribution in [0.25, 0.3) is 22.3 Å². The molecule has 33 heavy (non-hydrogen) atoms. The van der Waals surface area contributed by atoms with Crippen LogP contribution in [0, 0.1) is 12.7 Å². The van der Waals surface area contributed by atoms with Crippen molar-refractivity contribution >= 4 is 28.5 Å². The van der Waals surface area contributed by atoms with E-state index in [9.17, 15) is 4.39 Å². The van der Waals surface area contributed by atoms with E-state index in [2.05, 4.69) is 20.0 Å². The number of aromatic nitrogens is 5. The first-order valence-electron chi connectivity index (χ1n) is 11.0. The summed E-state index contributed by atoms with van der Waals surface area (Å²) in [7, 11) is 0. The fraction of sp³-hybridized carbons (Fsp3) is 0.333. The van der Waals surface area contributed by atoms with E-state index >= 15 is 0 Å². The van der Waals surface area contributed by atoms with Gasteiger partial charge in [-0.2, -0.15) is 5.10 Å². The van der Waals surface area contributed by atoms with E-state index in [1.165, 1.54) is 18.9 Å². The van der Waals surface area contributed by atoms with Crippen LogP contribution in [-0.4, -0.2) is 51.0 Å². The molecule has 170 valence electrons. The molecule has 0 unspecified atom stereocenters. The van der Waals surface area contributed by atoms with Crippen molar-refractivity contribution in [3.8, 4) is 11.3 Å². The Balaban J connectivity index is 0.000000238. The molecule has 2 aliphatic rings. The SMILES string of the molecule is Cc1cnc2c(-c3ccc(Cl)cc3F)nc(N3CCOCC3)cc2n1.c1cnn(C2CC2)c1. The maximum atomic E-state index is 14.5. The molecule has 6 rings (SSSR count). The van der Waals surface area contributed by atoms with Gasteiger partial charge in [0.1, 0.15) is 22.8 Å². The van der Waals surface area contributed by atoms with E-state index in [1.54, 1.807) is 18.3 Å². The second-order valence-electron chi connectivity index (χ2n) is 8.15. The molecule has 0 radical (unpaired) electrons. The van der Waals surface area contributed by atoms with Gasteiger partial charge in [-0.15, -0.1) is 0 Å². The summed E-state index contributed by atoms with van der Waals surface area (Å²) in [5.41, 5.74) is 2.90. The number of hydrogen-bond acceptors (Lipinski definition) is 6. The molecule has 1 aromatic carbocycles. The molecule has 0 bridgehead atoms. The van der Waals surface area contributed by atoms with Crippen molar-refractivity contribution in [2.24, 2.45) is 0 Å². The first-order chi connectivity index (χ1) is 16.1. The summed E-state index contributed by atoms with van der Waals surface area (Å²) >= 11 is 5.89. The third-order valence-corrected chi connectivity index (χ3v) is 5.84. The number of morpholine rings is 1. The Bertz CT molecular complexity index is 1260. The van der Waals surface area contributed by atoms with E-state index in [-0.39, 0.29) is 0 Å². The number of ether oxygens (including phenoxy) is 1. The molecule has 1 saturated heterocycles. The molecule has 9 heteroatoms. The van der Waals surface area contributed by atoms with Gasteiger partial charge in [0.2, 0.25) is 0 Å². The fourth-order valence-electron chi connectivity index (χ4n) is 3.76. The maximum absolute atomic E-state index is 14.5. The topological polar surface area (TPSA) is 69.0 Å². The lowest BCUT2D eigenvalue weighted by Gasteiger charge is -2.28. The predicted molar refractivity (Wildman–Crippen MR) is 126 cm³/mol. The van der Waals surface area contributed by atoms with Crippen molar-refractivity contribution in [2.75, 3.05) is 31.2 Å². The Hall–Kier alpha value is -3.10. The molecule has 0 N–H and O–H groups in total. The molecule has 4 aromatic rings. The average molecular weight is 467 g/mol. The van der Waals surface area contributed by atoms with Gasteiger partial charge in [0.25, 0.3) is 0 Å². The maximum Gasteiger partial charge on any atom is 0.134 e. The van der Waals surface area contributed by atoms with Crippen LogP contribution in [0.3, 0.4) is 0 Å². The van der Waals surface area contributed by atoms with E-state index < -0.39 is 5.82 Å². The molecule has 3 aromatic heterocycles. The lowest BCUT2D eigenvalue weighted by Crippen LogP contribution is -2.36. The van der Waals surface area contributed by atoms with E-state index in [1.807, 2.05) is 36.1 Å². The summed E-state index contributed by atoms with van der Waals surface area (Å²) in [4.78, 5) is 15.8. The minimum Gasteiger partial charge on any atom is -0.378 e. The van der Waals surface area contributed by atoms with Gasteiger partial charge in [0.05, 0.1) is 30.5 Å². The number of aryl methyl sites for hydroxylation is 1. The van der Waals surface area contributed by atoms with Crippen LogP contribution in [0.15, 0.2) is 48.9 Å². The molecular formula is C24H24ClFN6O. The third kappa shape index (κ3) is 4.96. The molecule has 0 amide bonds. The fourth-order valence-corrected chi connectivity index (χ4v) is 3.92. The second kappa shape index (κ2) is 9.41. The van der Waals surface area contributed by atoms with Crippen LogP contribution < -0.4 is 4.90 Å². The highest BCUT2D eigenvalue weighted by Crippen LogP contribution is 2.33. The van der Waals surface area contributed by atoms with Gasteiger partial charge in [0.15, 0.2) is 0 Å². The van der Waals surface area contributed by atoms with Crippen molar-refractivity contribution in [1.29, 1.82) is 0 Å². The number of benzene rings is 1. The Kier molecular flexibility index (Phi) is 6.20. The lowest BCUT2D eigenvalue weighted by molar-refractivity contribution is 0.122. The van der Waals surface area contributed by atoms with Gasteiger partial charge >= 0.3 is 0 Å². The van der Waals surface area contributed by atoms with Gasteiger partial charge in [-0.05, 0) is 44.0 Å². The van der Waals surface area contributed by atoms with E-state index in [0.717, 1.165) is 30.6 Å². The third-order valence-electron chi connectivity index (χ3n) is 5.60. The molecule has 7 nitrogen and oxygen atoms in total. The zero-order valence-electron chi connectivity index (χ0n) is 18.3. The summed E-state index contributed by atoms with van der Waals surface area (Å²) in [5.74, 6) is 0.322. The van der Waals surface area contributed by atoms with Crippen LogP contribution in [0.2, 0.25) is 5.02 Å². The number of hydrogen-bond donors (Lipinski definition) is 0. The Morgan fingerprint density at radius 3 is 2.64 bits per heavy atom. The molecule has 4 heterocycles. The Labute approximate surface area is 196 Å². The summed E-state index contributed by atoms with van der Waals surface area (Å²) in [6.07, 6.45) is 8.16. The molecular weight excluding hydrogens is 443 g/mol. The average Bonchev–Trinajstić information content (AvgIpc) is 3.53. The number of nitrogens with zero attached hydrogens (tertiary/aromatic N) is 6. The zero-order valence-corrected chi connectivity index (χ0v) is 19.0. The second-order valence-corrected chi connectivity index (χ2v) is 8.59. The van der Waals surface area contributed by atoms with Crippen LogP contribution in [-0.2, 0) is 4.74 Å². The highest BCUT2D eigenvalue weighted by atomic mass is 35.5. The normalized spacial score (nSPS) is 15.9. The smallest absolute Gasteiger partial charge is 0.134 e. The standard InChI is InChI=1S/C18H16ClFN4O.C6H8N2/c1-11-10-21-18-15(22-11)9-16(24-4-6-25-7-5-24)23-17(18)13-3-2-12(19)8-14(13)20;1-4-7-8(5-1)6-2-3-6/h2-3,8-10H,4-7H2,1H3;1,4-6H,2-3H2. The molecule has 0 atom stereocenters. The summed E-state index contributed by atoms with van der Waals surface area (Å²) in [5, 5.41) is 4.44. The van der Waals surface area contributed by atoms with Crippen molar-refractivity contribution in [3.05, 3.63) is 65.5 Å². The Morgan fingerprint density at radius 1 is 1.12 bits per heavy atom. The van der Waals surface area contributed by atoms with Crippen molar-refractivity contribution in [3.63, 3.8) is 0 Å². The van der Waals surface area contributed by atoms with Crippen LogP contribution in [0.4, 0.5) is 10.2 Å². The zero-order chi connectivity index (χ0) is 22.8. The first-order valence-corrected chi connectivity index (χ1v) is 11.4. The number of pyridine rings is 1. The largest absolute Gasteiger partial charge is 0.378 e.